The molecule has 0 amide bonds. The van der Waals surface area contributed by atoms with Gasteiger partial charge in [-0.05, 0) is 47.5 Å². The van der Waals surface area contributed by atoms with E-state index in [4.69, 9.17) is 4.74 Å². The molecule has 0 atom stereocenters. The Hall–Kier alpha value is -2.59. The maximum absolute atomic E-state index is 5.30. The molecule has 0 unspecified atom stereocenters. The molecule has 0 radical (unpaired) electrons. The first-order chi connectivity index (χ1) is 10.7. The smallest absolute Gasteiger partial charge is 0.119 e. The third kappa shape index (κ3) is 2.18. The molecule has 1 N–H and O–H groups in total. The molecule has 0 aliphatic carbocycles. The Morgan fingerprint density at radius 3 is 2.86 bits per heavy atom. The lowest BCUT2D eigenvalue weighted by Crippen LogP contribution is -2.16. The quantitative estimate of drug-likeness (QED) is 0.781. The first-order valence-electron chi connectivity index (χ1n) is 7.28. The molecule has 3 aromatic rings. The number of hydrazine groups is 1. The number of anilines is 1. The number of fused-ring (bicyclic) bond motifs is 2. The van der Waals surface area contributed by atoms with E-state index in [9.17, 15) is 0 Å². The highest BCUT2D eigenvalue weighted by atomic mass is 16.5. The van der Waals surface area contributed by atoms with Crippen molar-refractivity contribution in [2.75, 3.05) is 19.6 Å². The molecule has 0 spiro atoms. The van der Waals surface area contributed by atoms with Crippen molar-refractivity contribution in [3.05, 3.63) is 54.2 Å². The second-order valence-corrected chi connectivity index (χ2v) is 5.62. The fraction of sp³-hybridized carbons (Fsp3) is 0.167. The summed E-state index contributed by atoms with van der Waals surface area (Å²) < 4.78 is 5.30. The summed E-state index contributed by atoms with van der Waals surface area (Å²) in [7, 11) is 3.73. The Balaban J connectivity index is 1.79. The first-order valence-corrected chi connectivity index (χ1v) is 7.28. The minimum atomic E-state index is 0.853. The zero-order valence-corrected chi connectivity index (χ0v) is 12.6. The number of ether oxygens (including phenoxy) is 1. The lowest BCUT2D eigenvalue weighted by atomic mass is 10.0. The Labute approximate surface area is 129 Å². The maximum Gasteiger partial charge on any atom is 0.119 e. The molecular weight excluding hydrogens is 274 g/mol. The minimum absolute atomic E-state index is 0.853. The molecule has 110 valence electrons. The largest absolute Gasteiger partial charge is 0.497 e. The second kappa shape index (κ2) is 5.00. The molecule has 2 heterocycles. The van der Waals surface area contributed by atoms with Crippen LogP contribution in [-0.4, -0.2) is 24.2 Å². The van der Waals surface area contributed by atoms with Gasteiger partial charge in [0.2, 0.25) is 0 Å². The summed E-state index contributed by atoms with van der Waals surface area (Å²) in [6.45, 7) is 0.915. The van der Waals surface area contributed by atoms with Crippen LogP contribution in [0.15, 0.2) is 48.7 Å². The molecule has 22 heavy (non-hydrogen) atoms. The van der Waals surface area contributed by atoms with Crippen molar-refractivity contribution in [2.24, 2.45) is 0 Å². The van der Waals surface area contributed by atoms with Gasteiger partial charge in [-0.3, -0.25) is 4.98 Å². The van der Waals surface area contributed by atoms with Gasteiger partial charge >= 0.3 is 0 Å². The molecule has 0 saturated carbocycles. The number of aromatic nitrogens is 1. The average molecular weight is 291 g/mol. The lowest BCUT2D eigenvalue weighted by Gasteiger charge is -2.07. The topological polar surface area (TPSA) is 37.4 Å². The summed E-state index contributed by atoms with van der Waals surface area (Å²) >= 11 is 0. The van der Waals surface area contributed by atoms with Crippen LogP contribution in [0.5, 0.6) is 5.75 Å². The van der Waals surface area contributed by atoms with E-state index in [0.717, 1.165) is 28.8 Å². The molecule has 0 bridgehead atoms. The molecule has 0 fully saturated rings. The monoisotopic (exact) mass is 291 g/mol. The molecule has 4 rings (SSSR count). The van der Waals surface area contributed by atoms with Crippen molar-refractivity contribution < 1.29 is 4.74 Å². The number of pyridine rings is 1. The zero-order chi connectivity index (χ0) is 15.1. The van der Waals surface area contributed by atoms with Crippen molar-refractivity contribution in [1.82, 2.24) is 9.99 Å². The van der Waals surface area contributed by atoms with E-state index in [1.54, 1.807) is 7.11 Å². The first kappa shape index (κ1) is 13.1. The van der Waals surface area contributed by atoms with E-state index in [1.165, 1.54) is 16.8 Å². The summed E-state index contributed by atoms with van der Waals surface area (Å²) in [4.78, 5) is 4.56. The number of hydrogen-bond donors (Lipinski definition) is 1. The Morgan fingerprint density at radius 1 is 1.09 bits per heavy atom. The van der Waals surface area contributed by atoms with Crippen molar-refractivity contribution in [3.63, 3.8) is 0 Å². The molecule has 1 aromatic heterocycles. The van der Waals surface area contributed by atoms with E-state index in [0.29, 0.717) is 0 Å². The minimum Gasteiger partial charge on any atom is -0.497 e. The Bertz CT molecular complexity index is 860. The van der Waals surface area contributed by atoms with Crippen LogP contribution in [0.3, 0.4) is 0 Å². The van der Waals surface area contributed by atoms with E-state index < -0.39 is 0 Å². The second-order valence-electron chi connectivity index (χ2n) is 5.62. The predicted molar refractivity (Wildman–Crippen MR) is 88.8 cm³/mol. The van der Waals surface area contributed by atoms with Gasteiger partial charge in [0.15, 0.2) is 0 Å². The van der Waals surface area contributed by atoms with Crippen LogP contribution in [0.4, 0.5) is 5.69 Å². The number of hydrogen-bond acceptors (Lipinski definition) is 4. The third-order valence-electron chi connectivity index (χ3n) is 4.05. The Morgan fingerprint density at radius 2 is 2.00 bits per heavy atom. The van der Waals surface area contributed by atoms with E-state index in [1.807, 2.05) is 31.4 Å². The molecule has 4 nitrogen and oxygen atoms in total. The van der Waals surface area contributed by atoms with Crippen LogP contribution in [0.2, 0.25) is 0 Å². The van der Waals surface area contributed by atoms with Gasteiger partial charge in [0.05, 0.1) is 18.3 Å². The van der Waals surface area contributed by atoms with Crippen molar-refractivity contribution in [3.8, 4) is 16.9 Å². The third-order valence-corrected chi connectivity index (χ3v) is 4.05. The van der Waals surface area contributed by atoms with Gasteiger partial charge in [-0.25, -0.2) is 5.01 Å². The molecule has 1 aliphatic heterocycles. The van der Waals surface area contributed by atoms with Crippen LogP contribution in [-0.2, 0) is 6.54 Å². The number of methoxy groups -OCH3 is 1. The number of rotatable bonds is 2. The molecule has 0 saturated heterocycles. The summed E-state index contributed by atoms with van der Waals surface area (Å²) in [5.41, 5.74) is 9.10. The number of nitrogens with zero attached hydrogens (tertiary/aromatic N) is 2. The number of nitrogens with one attached hydrogen (secondary N) is 1. The molecule has 1 aliphatic rings. The molecular formula is C18H17N3O. The highest BCUT2D eigenvalue weighted by Gasteiger charge is 2.15. The van der Waals surface area contributed by atoms with E-state index in [-0.39, 0.29) is 0 Å². The fourth-order valence-electron chi connectivity index (χ4n) is 2.91. The number of benzene rings is 2. The highest BCUT2D eigenvalue weighted by Crippen LogP contribution is 2.31. The van der Waals surface area contributed by atoms with Crippen molar-refractivity contribution in [2.45, 2.75) is 6.54 Å². The summed E-state index contributed by atoms with van der Waals surface area (Å²) in [5.74, 6) is 0.853. The van der Waals surface area contributed by atoms with Crippen LogP contribution < -0.4 is 10.2 Å². The van der Waals surface area contributed by atoms with Crippen molar-refractivity contribution in [1.29, 1.82) is 0 Å². The van der Waals surface area contributed by atoms with Gasteiger partial charge in [0, 0.05) is 30.7 Å². The predicted octanol–water partition coefficient (Wildman–Crippen LogP) is 3.68. The fourth-order valence-corrected chi connectivity index (χ4v) is 2.91. The van der Waals surface area contributed by atoms with Gasteiger partial charge in [-0.2, -0.15) is 0 Å². The normalized spacial score (nSPS) is 13.9. The Kier molecular flexibility index (Phi) is 2.98. The SMILES string of the molecule is COc1ccc2ncc(-c3ccc4c(c3)CN(C)N4)cc2c1. The van der Waals surface area contributed by atoms with Gasteiger partial charge in [0.1, 0.15) is 5.75 Å². The van der Waals surface area contributed by atoms with Crippen LogP contribution in [0.25, 0.3) is 22.0 Å². The van der Waals surface area contributed by atoms with Crippen LogP contribution in [0, 0.1) is 0 Å². The molecule has 4 heteroatoms. The lowest BCUT2D eigenvalue weighted by molar-refractivity contribution is 0.415. The van der Waals surface area contributed by atoms with E-state index >= 15 is 0 Å². The maximum atomic E-state index is 5.30. The van der Waals surface area contributed by atoms with Gasteiger partial charge in [-0.1, -0.05) is 6.07 Å². The van der Waals surface area contributed by atoms with Gasteiger partial charge < -0.3 is 10.2 Å². The van der Waals surface area contributed by atoms with Crippen LogP contribution >= 0.6 is 0 Å². The summed E-state index contributed by atoms with van der Waals surface area (Å²) in [6, 6.07) is 14.6. The summed E-state index contributed by atoms with van der Waals surface area (Å²) in [6.07, 6.45) is 1.93. The highest BCUT2D eigenvalue weighted by molar-refractivity contribution is 5.85. The molecule has 2 aromatic carbocycles. The van der Waals surface area contributed by atoms with Crippen LogP contribution in [0.1, 0.15) is 5.56 Å². The van der Waals surface area contributed by atoms with E-state index in [2.05, 4.69) is 39.7 Å². The average Bonchev–Trinajstić information content (AvgIpc) is 2.92. The summed E-state index contributed by atoms with van der Waals surface area (Å²) in [5, 5.41) is 3.17. The standard InChI is InChI=1S/C18H17N3O/c1-21-11-15-7-12(3-5-18(15)20-21)14-8-13-9-16(22-2)4-6-17(13)19-10-14/h3-10,20H,11H2,1-2H3. The van der Waals surface area contributed by atoms with Crippen molar-refractivity contribution >= 4 is 16.6 Å². The van der Waals surface area contributed by atoms with Gasteiger partial charge in [-0.15, -0.1) is 0 Å². The zero-order valence-electron chi connectivity index (χ0n) is 12.6. The van der Waals surface area contributed by atoms with Gasteiger partial charge in [0.25, 0.3) is 0 Å².